The SMILES string of the molecule is COc1ccc(C2CC(=O)Nc3ccc4nn(-c5ccccc5)nc4c32)cc1OC. The van der Waals surface area contributed by atoms with Crippen molar-refractivity contribution in [1.82, 2.24) is 15.0 Å². The van der Waals surface area contributed by atoms with Crippen molar-refractivity contribution in [2.24, 2.45) is 0 Å². The zero-order valence-electron chi connectivity index (χ0n) is 16.6. The normalized spacial score (nSPS) is 15.5. The van der Waals surface area contributed by atoms with Crippen molar-refractivity contribution in [1.29, 1.82) is 0 Å². The number of benzene rings is 3. The standard InChI is InChI=1S/C23H20N4O3/c1-29-19-11-8-14(12-20(19)30-2)16-13-21(28)24-17-9-10-18-23(22(16)17)26-27(25-18)15-6-4-3-5-7-15/h3-12,16H,13H2,1-2H3,(H,24,28). The average molecular weight is 400 g/mol. The van der Waals surface area contributed by atoms with Gasteiger partial charge < -0.3 is 14.8 Å². The predicted octanol–water partition coefficient (Wildman–Crippen LogP) is 3.91. The van der Waals surface area contributed by atoms with E-state index in [0.717, 1.165) is 33.5 Å². The third kappa shape index (κ3) is 2.95. The number of nitrogens with one attached hydrogen (secondary N) is 1. The van der Waals surface area contributed by atoms with E-state index < -0.39 is 0 Å². The minimum absolute atomic E-state index is 0.0305. The van der Waals surface area contributed by atoms with Crippen molar-refractivity contribution in [3.05, 3.63) is 71.8 Å². The second-order valence-electron chi connectivity index (χ2n) is 7.14. The number of carbonyl (C=O) groups is 1. The molecular formula is C23H20N4O3. The van der Waals surface area contributed by atoms with Gasteiger partial charge in [0, 0.05) is 23.6 Å². The van der Waals surface area contributed by atoms with Gasteiger partial charge in [-0.1, -0.05) is 24.3 Å². The van der Waals surface area contributed by atoms with Crippen molar-refractivity contribution < 1.29 is 14.3 Å². The molecule has 7 heteroatoms. The monoisotopic (exact) mass is 400 g/mol. The van der Waals surface area contributed by atoms with E-state index in [4.69, 9.17) is 14.6 Å². The molecule has 0 saturated heterocycles. The molecule has 1 aliphatic heterocycles. The highest BCUT2D eigenvalue weighted by molar-refractivity contribution is 5.99. The maximum absolute atomic E-state index is 12.4. The van der Waals surface area contributed by atoms with Crippen LogP contribution in [0.4, 0.5) is 5.69 Å². The Bertz CT molecular complexity index is 1250. The Labute approximate surface area is 173 Å². The second kappa shape index (κ2) is 7.18. The summed E-state index contributed by atoms with van der Waals surface area (Å²) in [6.45, 7) is 0. The number of nitrogens with zero attached hydrogens (tertiary/aromatic N) is 3. The van der Waals surface area contributed by atoms with Gasteiger partial charge >= 0.3 is 0 Å². The summed E-state index contributed by atoms with van der Waals surface area (Å²) in [4.78, 5) is 14.1. The molecule has 1 N–H and O–H groups in total. The lowest BCUT2D eigenvalue weighted by Gasteiger charge is -2.26. The van der Waals surface area contributed by atoms with Crippen LogP contribution in [0.3, 0.4) is 0 Å². The molecule has 0 radical (unpaired) electrons. The highest BCUT2D eigenvalue weighted by atomic mass is 16.5. The zero-order chi connectivity index (χ0) is 20.7. The van der Waals surface area contributed by atoms with Crippen LogP contribution in [0.15, 0.2) is 60.7 Å². The fourth-order valence-corrected chi connectivity index (χ4v) is 3.98. The van der Waals surface area contributed by atoms with E-state index in [0.29, 0.717) is 17.9 Å². The number of hydrogen-bond acceptors (Lipinski definition) is 5. The van der Waals surface area contributed by atoms with E-state index in [9.17, 15) is 4.79 Å². The molecule has 1 amide bonds. The first-order chi connectivity index (χ1) is 14.7. The number of methoxy groups -OCH3 is 2. The van der Waals surface area contributed by atoms with Crippen molar-refractivity contribution in [3.63, 3.8) is 0 Å². The Morgan fingerprint density at radius 2 is 1.77 bits per heavy atom. The Balaban J connectivity index is 1.69. The zero-order valence-corrected chi connectivity index (χ0v) is 16.6. The lowest BCUT2D eigenvalue weighted by Crippen LogP contribution is -2.23. The third-order valence-corrected chi connectivity index (χ3v) is 5.40. The fourth-order valence-electron chi connectivity index (χ4n) is 3.98. The Kier molecular flexibility index (Phi) is 4.35. The lowest BCUT2D eigenvalue weighted by atomic mass is 9.84. The number of anilines is 1. The van der Waals surface area contributed by atoms with Crippen LogP contribution in [0.5, 0.6) is 11.5 Å². The average Bonchev–Trinajstić information content (AvgIpc) is 3.23. The van der Waals surface area contributed by atoms with Crippen LogP contribution < -0.4 is 14.8 Å². The van der Waals surface area contributed by atoms with Gasteiger partial charge in [-0.15, -0.1) is 10.2 Å². The molecule has 7 nitrogen and oxygen atoms in total. The highest BCUT2D eigenvalue weighted by Crippen LogP contribution is 2.42. The molecule has 150 valence electrons. The molecule has 0 bridgehead atoms. The second-order valence-corrected chi connectivity index (χ2v) is 7.14. The molecule has 1 aromatic heterocycles. The summed E-state index contributed by atoms with van der Waals surface area (Å²) < 4.78 is 10.8. The number of fused-ring (bicyclic) bond motifs is 3. The largest absolute Gasteiger partial charge is 0.493 e. The van der Waals surface area contributed by atoms with E-state index in [1.165, 1.54) is 0 Å². The molecule has 1 atom stereocenters. The first-order valence-electron chi connectivity index (χ1n) is 9.65. The molecule has 0 aliphatic carbocycles. The highest BCUT2D eigenvalue weighted by Gasteiger charge is 2.30. The molecule has 30 heavy (non-hydrogen) atoms. The van der Waals surface area contributed by atoms with E-state index in [-0.39, 0.29) is 11.8 Å². The van der Waals surface area contributed by atoms with Crippen LogP contribution in [0.25, 0.3) is 16.7 Å². The maximum Gasteiger partial charge on any atom is 0.225 e. The van der Waals surface area contributed by atoms with Gasteiger partial charge in [0.15, 0.2) is 11.5 Å². The number of rotatable bonds is 4. The van der Waals surface area contributed by atoms with Crippen LogP contribution in [-0.2, 0) is 4.79 Å². The van der Waals surface area contributed by atoms with Gasteiger partial charge in [-0.05, 0) is 42.0 Å². The summed E-state index contributed by atoms with van der Waals surface area (Å²) in [5, 5.41) is 12.4. The molecule has 0 saturated carbocycles. The molecule has 1 unspecified atom stereocenters. The fraction of sp³-hybridized carbons (Fsp3) is 0.174. The summed E-state index contributed by atoms with van der Waals surface area (Å²) in [6, 6.07) is 19.3. The van der Waals surface area contributed by atoms with Gasteiger partial charge in [0.25, 0.3) is 0 Å². The van der Waals surface area contributed by atoms with Crippen LogP contribution >= 0.6 is 0 Å². The molecular weight excluding hydrogens is 380 g/mol. The van der Waals surface area contributed by atoms with Crippen LogP contribution in [0, 0.1) is 0 Å². The Hall–Kier alpha value is -3.87. The minimum Gasteiger partial charge on any atom is -0.493 e. The number of carbonyl (C=O) groups excluding carboxylic acids is 1. The number of para-hydroxylation sites is 1. The van der Waals surface area contributed by atoms with Crippen molar-refractivity contribution in [3.8, 4) is 17.2 Å². The molecule has 3 aromatic carbocycles. The van der Waals surface area contributed by atoms with Gasteiger partial charge in [-0.3, -0.25) is 4.79 Å². The lowest BCUT2D eigenvalue weighted by molar-refractivity contribution is -0.116. The Morgan fingerprint density at radius 3 is 2.53 bits per heavy atom. The minimum atomic E-state index is -0.168. The van der Waals surface area contributed by atoms with Crippen molar-refractivity contribution >= 4 is 22.6 Å². The van der Waals surface area contributed by atoms with Crippen LogP contribution in [-0.4, -0.2) is 35.1 Å². The molecule has 0 fully saturated rings. The quantitative estimate of drug-likeness (QED) is 0.562. The van der Waals surface area contributed by atoms with Gasteiger partial charge in [-0.25, -0.2) is 0 Å². The van der Waals surface area contributed by atoms with Crippen LogP contribution in [0.2, 0.25) is 0 Å². The Morgan fingerprint density at radius 1 is 0.967 bits per heavy atom. The molecule has 1 aliphatic rings. The predicted molar refractivity (Wildman–Crippen MR) is 114 cm³/mol. The number of amides is 1. The molecule has 0 spiro atoms. The third-order valence-electron chi connectivity index (χ3n) is 5.40. The van der Waals surface area contributed by atoms with Crippen molar-refractivity contribution in [2.75, 3.05) is 19.5 Å². The van der Waals surface area contributed by atoms with E-state index >= 15 is 0 Å². The van der Waals surface area contributed by atoms with E-state index in [2.05, 4.69) is 10.4 Å². The maximum atomic E-state index is 12.4. The topological polar surface area (TPSA) is 78.3 Å². The van der Waals surface area contributed by atoms with Gasteiger partial charge in [-0.2, -0.15) is 4.80 Å². The smallest absolute Gasteiger partial charge is 0.225 e. The van der Waals surface area contributed by atoms with Crippen LogP contribution in [0.1, 0.15) is 23.5 Å². The summed E-state index contributed by atoms with van der Waals surface area (Å²) in [5.74, 6) is 1.08. The number of ether oxygens (including phenoxy) is 2. The summed E-state index contributed by atoms with van der Waals surface area (Å²) in [7, 11) is 3.21. The van der Waals surface area contributed by atoms with E-state index in [1.54, 1.807) is 19.0 Å². The van der Waals surface area contributed by atoms with E-state index in [1.807, 2.05) is 60.7 Å². The van der Waals surface area contributed by atoms with Gasteiger partial charge in [0.1, 0.15) is 11.0 Å². The summed E-state index contributed by atoms with van der Waals surface area (Å²) >= 11 is 0. The molecule has 2 heterocycles. The molecule has 5 rings (SSSR count). The first kappa shape index (κ1) is 18.2. The van der Waals surface area contributed by atoms with Gasteiger partial charge in [0.05, 0.1) is 19.9 Å². The van der Waals surface area contributed by atoms with Gasteiger partial charge in [0.2, 0.25) is 5.91 Å². The summed E-state index contributed by atoms with van der Waals surface area (Å²) in [6.07, 6.45) is 0.319. The first-order valence-corrected chi connectivity index (χ1v) is 9.65. The number of hydrogen-bond donors (Lipinski definition) is 1. The molecule has 4 aromatic rings. The van der Waals surface area contributed by atoms with Crippen molar-refractivity contribution in [2.45, 2.75) is 12.3 Å². The number of aromatic nitrogens is 3. The summed E-state index contributed by atoms with van der Waals surface area (Å²) in [5.41, 5.74) is 5.12.